The van der Waals surface area contributed by atoms with E-state index in [0.717, 1.165) is 43.0 Å². The number of rotatable bonds is 11. The molecule has 0 aliphatic rings. The first-order chi connectivity index (χ1) is 15.6. The number of nitrogens with zero attached hydrogens (tertiary/aromatic N) is 3. The first-order valence-electron chi connectivity index (χ1n) is 10.8. The number of hydrogen-bond donors (Lipinski definition) is 1. The zero-order valence-corrected chi connectivity index (χ0v) is 20.2. The summed E-state index contributed by atoms with van der Waals surface area (Å²) in [4.78, 5) is 2.06. The number of alkyl halides is 2. The van der Waals surface area contributed by atoms with Crippen molar-refractivity contribution in [3.05, 3.63) is 89.0 Å². The molecule has 0 saturated heterocycles. The minimum Gasteiger partial charge on any atom is -0.378 e. The Morgan fingerprint density at radius 1 is 0.719 bits per heavy atom. The van der Waals surface area contributed by atoms with Crippen LogP contribution in [0.5, 0.6) is 0 Å². The van der Waals surface area contributed by atoms with Crippen molar-refractivity contribution in [2.45, 2.75) is 25.9 Å². The number of nitrogens with one attached hydrogen (secondary N) is 1. The van der Waals surface area contributed by atoms with Crippen molar-refractivity contribution >= 4 is 40.3 Å². The summed E-state index contributed by atoms with van der Waals surface area (Å²) in [7, 11) is 4.04. The lowest BCUT2D eigenvalue weighted by atomic mass is 9.97. The highest BCUT2D eigenvalue weighted by molar-refractivity contribution is 6.18. The Balaban J connectivity index is 1.56. The van der Waals surface area contributed by atoms with Crippen LogP contribution in [0.2, 0.25) is 0 Å². The fraction of sp³-hybridized carbons (Fsp3) is 0.308. The number of azo groups is 1. The first kappa shape index (κ1) is 24.2. The molecule has 0 aromatic heterocycles. The fourth-order valence-corrected chi connectivity index (χ4v) is 3.95. The van der Waals surface area contributed by atoms with E-state index in [4.69, 9.17) is 23.2 Å². The van der Waals surface area contributed by atoms with Gasteiger partial charge in [-0.15, -0.1) is 23.2 Å². The molecule has 0 radical (unpaired) electrons. The Bertz CT molecular complexity index is 999. The molecule has 0 unspecified atom stereocenters. The molecule has 0 fully saturated rings. The third-order valence-corrected chi connectivity index (χ3v) is 5.68. The summed E-state index contributed by atoms with van der Waals surface area (Å²) in [5, 5.41) is 12.2. The molecule has 0 amide bonds. The molecule has 0 aliphatic carbocycles. The molecule has 3 rings (SSSR count). The van der Waals surface area contributed by atoms with Gasteiger partial charge in [-0.3, -0.25) is 0 Å². The van der Waals surface area contributed by atoms with Gasteiger partial charge in [-0.2, -0.15) is 10.2 Å². The largest absolute Gasteiger partial charge is 0.378 e. The lowest BCUT2D eigenvalue weighted by Gasteiger charge is -2.14. The molecular weight excluding hydrogens is 439 g/mol. The van der Waals surface area contributed by atoms with E-state index in [0.29, 0.717) is 11.8 Å². The molecular formula is C26H30Cl2N4. The molecule has 0 saturated carbocycles. The third-order valence-electron chi connectivity index (χ3n) is 5.31. The van der Waals surface area contributed by atoms with Gasteiger partial charge >= 0.3 is 0 Å². The minimum absolute atomic E-state index is 0.613. The molecule has 0 spiro atoms. The van der Waals surface area contributed by atoms with Gasteiger partial charge in [-0.1, -0.05) is 30.3 Å². The topological polar surface area (TPSA) is 40.0 Å². The molecule has 32 heavy (non-hydrogen) atoms. The zero-order chi connectivity index (χ0) is 22.8. The Kier molecular flexibility index (Phi) is 9.54. The van der Waals surface area contributed by atoms with Crippen molar-refractivity contribution in [1.29, 1.82) is 0 Å². The normalized spacial score (nSPS) is 11.2. The maximum absolute atomic E-state index is 6.04. The van der Waals surface area contributed by atoms with Crippen molar-refractivity contribution < 1.29 is 0 Å². The second-order valence-corrected chi connectivity index (χ2v) is 8.57. The van der Waals surface area contributed by atoms with Crippen LogP contribution < -0.4 is 10.2 Å². The zero-order valence-electron chi connectivity index (χ0n) is 18.7. The smallest absolute Gasteiger partial charge is 0.0858 e. The first-order valence-corrected chi connectivity index (χ1v) is 11.9. The average Bonchev–Trinajstić information content (AvgIpc) is 2.81. The molecule has 6 heteroatoms. The second-order valence-electron chi connectivity index (χ2n) is 7.81. The predicted octanol–water partition coefficient (Wildman–Crippen LogP) is 7.02. The van der Waals surface area contributed by atoms with Gasteiger partial charge < -0.3 is 10.2 Å². The molecule has 0 heterocycles. The van der Waals surface area contributed by atoms with E-state index in [2.05, 4.69) is 50.8 Å². The fourth-order valence-electron chi connectivity index (χ4n) is 3.56. The molecule has 3 aromatic rings. The van der Waals surface area contributed by atoms with Gasteiger partial charge in [0.05, 0.1) is 11.4 Å². The van der Waals surface area contributed by atoms with Gasteiger partial charge in [0.1, 0.15) is 0 Å². The van der Waals surface area contributed by atoms with Gasteiger partial charge in [0.15, 0.2) is 0 Å². The molecule has 1 N–H and O–H groups in total. The van der Waals surface area contributed by atoms with Gasteiger partial charge in [-0.05, 0) is 71.5 Å². The van der Waals surface area contributed by atoms with Crippen LogP contribution in [0.1, 0.15) is 22.3 Å². The van der Waals surface area contributed by atoms with Crippen molar-refractivity contribution in [2.75, 3.05) is 30.8 Å². The van der Waals surface area contributed by atoms with Crippen molar-refractivity contribution in [2.24, 2.45) is 10.2 Å². The molecule has 3 aromatic carbocycles. The van der Waals surface area contributed by atoms with Crippen LogP contribution in [0.3, 0.4) is 0 Å². The van der Waals surface area contributed by atoms with Gasteiger partial charge in [0.25, 0.3) is 0 Å². The quantitative estimate of drug-likeness (QED) is 0.242. The maximum atomic E-state index is 6.04. The summed E-state index contributed by atoms with van der Waals surface area (Å²) < 4.78 is 0. The molecule has 4 nitrogen and oxygen atoms in total. The van der Waals surface area contributed by atoms with Crippen LogP contribution in [-0.4, -0.2) is 25.9 Å². The summed E-state index contributed by atoms with van der Waals surface area (Å²) in [6.07, 6.45) is 1.74. The van der Waals surface area contributed by atoms with E-state index in [1.807, 2.05) is 50.5 Å². The van der Waals surface area contributed by atoms with E-state index < -0.39 is 0 Å². The van der Waals surface area contributed by atoms with E-state index in [9.17, 15) is 0 Å². The maximum Gasteiger partial charge on any atom is 0.0858 e. The van der Waals surface area contributed by atoms with Gasteiger partial charge in [0.2, 0.25) is 0 Å². The molecule has 0 atom stereocenters. The Morgan fingerprint density at radius 3 is 1.91 bits per heavy atom. The summed E-state index contributed by atoms with van der Waals surface area (Å²) >= 11 is 12.0. The predicted molar refractivity (Wildman–Crippen MR) is 137 cm³/mol. The second kappa shape index (κ2) is 12.6. The molecule has 0 aliphatic heterocycles. The SMILES string of the molecule is CN(C)c1ccc(N=Nc2ccc(CNCc3cccc(CCCl)c3CCCl)cc2)cc1. The molecule has 0 bridgehead atoms. The molecule has 168 valence electrons. The summed E-state index contributed by atoms with van der Waals surface area (Å²) in [5.74, 6) is 1.24. The van der Waals surface area contributed by atoms with Crippen LogP contribution >= 0.6 is 23.2 Å². The number of halogens is 2. The van der Waals surface area contributed by atoms with Crippen LogP contribution in [0.25, 0.3) is 0 Å². The van der Waals surface area contributed by atoms with Gasteiger partial charge in [-0.25, -0.2) is 0 Å². The van der Waals surface area contributed by atoms with Crippen LogP contribution in [0.15, 0.2) is 77.0 Å². The van der Waals surface area contributed by atoms with Crippen LogP contribution in [-0.2, 0) is 25.9 Å². The highest BCUT2D eigenvalue weighted by Gasteiger charge is 2.08. The van der Waals surface area contributed by atoms with Crippen molar-refractivity contribution in [3.8, 4) is 0 Å². The number of hydrogen-bond acceptors (Lipinski definition) is 4. The van der Waals surface area contributed by atoms with Crippen LogP contribution in [0.4, 0.5) is 17.1 Å². The van der Waals surface area contributed by atoms with Crippen LogP contribution in [0, 0.1) is 0 Å². The Hall–Kier alpha value is -2.40. The average molecular weight is 469 g/mol. The number of aryl methyl sites for hydroxylation is 1. The number of anilines is 1. The minimum atomic E-state index is 0.613. The third kappa shape index (κ3) is 7.06. The summed E-state index contributed by atoms with van der Waals surface area (Å²) in [5.41, 5.74) is 7.93. The summed E-state index contributed by atoms with van der Waals surface area (Å²) in [6, 6.07) is 22.6. The van der Waals surface area contributed by atoms with Gasteiger partial charge in [0, 0.05) is 44.6 Å². The number of benzene rings is 3. The van der Waals surface area contributed by atoms with E-state index in [-0.39, 0.29) is 0 Å². The van der Waals surface area contributed by atoms with Crippen molar-refractivity contribution in [1.82, 2.24) is 5.32 Å². The summed E-state index contributed by atoms with van der Waals surface area (Å²) in [6.45, 7) is 1.58. The van der Waals surface area contributed by atoms with E-state index in [1.165, 1.54) is 22.3 Å². The Labute approximate surface area is 201 Å². The standard InChI is InChI=1S/C26H30Cl2N4/c1-32(2)25-12-10-24(11-13-25)31-30-23-8-6-20(7-9-23)18-29-19-22-5-3-4-21(14-16-27)26(22)15-17-28/h3-13,29H,14-19H2,1-2H3. The van der Waals surface area contributed by atoms with Crippen molar-refractivity contribution in [3.63, 3.8) is 0 Å². The Morgan fingerprint density at radius 2 is 1.31 bits per heavy atom. The van der Waals surface area contributed by atoms with E-state index in [1.54, 1.807) is 0 Å². The highest BCUT2D eigenvalue weighted by atomic mass is 35.5. The lowest BCUT2D eigenvalue weighted by Crippen LogP contribution is -2.15. The highest BCUT2D eigenvalue weighted by Crippen LogP contribution is 2.22. The monoisotopic (exact) mass is 468 g/mol. The lowest BCUT2D eigenvalue weighted by molar-refractivity contribution is 0.687. The van der Waals surface area contributed by atoms with E-state index >= 15 is 0 Å².